The molecule has 0 bridgehead atoms. The van der Waals surface area contributed by atoms with E-state index in [9.17, 15) is 18.8 Å². The van der Waals surface area contributed by atoms with Gasteiger partial charge in [0.25, 0.3) is 0 Å². The van der Waals surface area contributed by atoms with Gasteiger partial charge in [-0.3, -0.25) is 23.5 Å². The molecule has 1 saturated carbocycles. The summed E-state index contributed by atoms with van der Waals surface area (Å²) in [6, 6.07) is 41.0. The third kappa shape index (κ3) is 11.4. The standard InChI is InChI=1S/C22H23FN6O2.C21H22N6O2.C20H14N4OS/c1-14-9-27(10-15(2)31-14)11-17-7-19-20(24-8-17)28(12-16-3-5-18(23)6-4-16)22(30)29-21(19)25-13-26-29;1-25(16-6-7-16)12-15-5-10-18-19-22-13-23-27(19)21(28)26(20(18)24-15)11-14-3-8-17(29-2)9-4-14;25-20-23(19-17(10-11-26-19)18-21-13-22-24(18)20)12-14-6-8-16(9-7-14)15-4-2-1-3-5-15/h3-8,13-15H,9-12H2,1-2H3;3-5,8-10,13,16H,6-7,11-12H2,1-2H3;1-11,13H,12H2/t14-,15+;;. The van der Waals surface area contributed by atoms with Crippen LogP contribution in [0.4, 0.5) is 4.39 Å². The normalized spacial score (nSPS) is 15.4. The molecular formula is C63H59FN16O5S. The van der Waals surface area contributed by atoms with Gasteiger partial charge in [0.05, 0.1) is 60.8 Å². The van der Waals surface area contributed by atoms with Crippen molar-refractivity contribution >= 4 is 60.6 Å². The van der Waals surface area contributed by atoms with Gasteiger partial charge in [-0.25, -0.2) is 43.7 Å². The summed E-state index contributed by atoms with van der Waals surface area (Å²) in [7, 11) is 3.76. The van der Waals surface area contributed by atoms with Gasteiger partial charge in [0, 0.05) is 38.4 Å². The van der Waals surface area contributed by atoms with E-state index in [4.69, 9.17) is 14.5 Å². The van der Waals surface area contributed by atoms with Crippen molar-refractivity contribution in [1.29, 1.82) is 0 Å². The van der Waals surface area contributed by atoms with Crippen LogP contribution in [-0.4, -0.2) is 123 Å². The maximum atomic E-state index is 13.3. The highest BCUT2D eigenvalue weighted by molar-refractivity contribution is 7.16. The van der Waals surface area contributed by atoms with Gasteiger partial charge in [-0.05, 0) is 121 Å². The van der Waals surface area contributed by atoms with E-state index in [1.807, 2.05) is 72.1 Å². The van der Waals surface area contributed by atoms with Crippen molar-refractivity contribution in [3.8, 4) is 16.9 Å². The SMILES string of the molecule is COc1ccc(Cn2c(=O)n3ncnc3c3ccc(CN(C)C4CC4)nc32)cc1.C[C@@H]1CN(Cc2cnc3c(c2)c2ncnn2c(=O)n3Cc2ccc(F)cc2)C[C@H](C)O1.O=c1n(Cc2ccc(-c3ccccc3)cc2)c2sccc2c2ncnn12. The van der Waals surface area contributed by atoms with Crippen LogP contribution >= 0.6 is 11.3 Å². The van der Waals surface area contributed by atoms with E-state index in [1.54, 1.807) is 50.5 Å². The summed E-state index contributed by atoms with van der Waals surface area (Å²) in [6.45, 7) is 8.51. The maximum absolute atomic E-state index is 13.3. The van der Waals surface area contributed by atoms with Crippen LogP contribution in [0.25, 0.3) is 60.4 Å². The highest BCUT2D eigenvalue weighted by Gasteiger charge is 2.27. The van der Waals surface area contributed by atoms with Gasteiger partial charge in [-0.1, -0.05) is 78.9 Å². The fraction of sp³-hybridized carbons (Fsp3) is 0.254. The summed E-state index contributed by atoms with van der Waals surface area (Å²) in [4.78, 5) is 66.9. The zero-order valence-electron chi connectivity index (χ0n) is 47.6. The molecule has 23 heteroatoms. The number of rotatable bonds is 13. The van der Waals surface area contributed by atoms with Crippen LogP contribution in [0.1, 0.15) is 54.6 Å². The molecule has 434 valence electrons. The molecule has 1 aliphatic carbocycles. The van der Waals surface area contributed by atoms with Crippen LogP contribution in [0, 0.1) is 5.82 Å². The van der Waals surface area contributed by atoms with Crippen molar-refractivity contribution in [3.63, 3.8) is 0 Å². The number of thiophene rings is 1. The summed E-state index contributed by atoms with van der Waals surface area (Å²) < 4.78 is 33.3. The topological polar surface area (TPSA) is 207 Å². The Morgan fingerprint density at radius 2 is 1.13 bits per heavy atom. The van der Waals surface area contributed by atoms with E-state index < -0.39 is 0 Å². The lowest BCUT2D eigenvalue weighted by Crippen LogP contribution is -2.44. The third-order valence-corrected chi connectivity index (χ3v) is 16.4. The largest absolute Gasteiger partial charge is 0.497 e. The van der Waals surface area contributed by atoms with Crippen molar-refractivity contribution in [2.45, 2.75) is 77.7 Å². The van der Waals surface area contributed by atoms with E-state index in [1.165, 1.54) is 63.1 Å². The van der Waals surface area contributed by atoms with Gasteiger partial charge in [0.15, 0.2) is 16.9 Å². The minimum absolute atomic E-state index is 0.167. The van der Waals surface area contributed by atoms with Crippen LogP contribution in [0.5, 0.6) is 5.75 Å². The number of hydrogen-bond acceptors (Lipinski definition) is 16. The average Bonchev–Trinajstić information content (AvgIpc) is 1.77. The Bertz CT molecular complexity index is 4760. The number of nitrogens with zero attached hydrogens (tertiary/aromatic N) is 16. The van der Waals surface area contributed by atoms with E-state index in [0.717, 1.165) is 86.4 Å². The second-order valence-electron chi connectivity index (χ2n) is 21.8. The van der Waals surface area contributed by atoms with E-state index in [0.29, 0.717) is 47.4 Å². The fourth-order valence-corrected chi connectivity index (χ4v) is 12.1. The minimum atomic E-state index is -0.333. The monoisotopic (exact) mass is 1170 g/mol. The van der Waals surface area contributed by atoms with Gasteiger partial charge in [-0.2, -0.15) is 28.8 Å². The van der Waals surface area contributed by atoms with Crippen LogP contribution in [0.15, 0.2) is 172 Å². The van der Waals surface area contributed by atoms with E-state index in [2.05, 4.69) is 102 Å². The molecule has 0 spiro atoms. The Balaban J connectivity index is 0.000000120. The Hall–Kier alpha value is -9.68. The predicted octanol–water partition coefficient (Wildman–Crippen LogP) is 8.15. The molecule has 2 aliphatic rings. The lowest BCUT2D eigenvalue weighted by atomic mass is 10.0. The van der Waals surface area contributed by atoms with Crippen LogP contribution in [-0.2, 0) is 37.5 Å². The van der Waals surface area contributed by atoms with Crippen LogP contribution < -0.4 is 21.8 Å². The molecule has 0 amide bonds. The van der Waals surface area contributed by atoms with Gasteiger partial charge in [0.2, 0.25) is 0 Å². The second-order valence-corrected chi connectivity index (χ2v) is 22.7. The van der Waals surface area contributed by atoms with Crippen molar-refractivity contribution in [2.24, 2.45) is 0 Å². The number of fused-ring (bicyclic) bond motifs is 9. The number of hydrogen-bond donors (Lipinski definition) is 0. The molecule has 4 aromatic carbocycles. The molecule has 1 aliphatic heterocycles. The molecule has 2 atom stereocenters. The Labute approximate surface area is 494 Å². The van der Waals surface area contributed by atoms with Crippen molar-refractivity contribution in [2.75, 3.05) is 27.2 Å². The molecule has 2 fully saturated rings. The smallest absolute Gasteiger partial charge is 0.352 e. The maximum Gasteiger partial charge on any atom is 0.352 e. The number of benzene rings is 4. The number of pyridine rings is 2. The molecule has 13 aromatic rings. The quantitative estimate of drug-likeness (QED) is 0.107. The number of methoxy groups -OCH3 is 1. The number of halogens is 1. The second kappa shape index (κ2) is 23.8. The first kappa shape index (κ1) is 55.5. The van der Waals surface area contributed by atoms with Crippen molar-refractivity contribution in [1.82, 2.24) is 77.3 Å². The summed E-state index contributed by atoms with van der Waals surface area (Å²) in [5.74, 6) is 0.461. The van der Waals surface area contributed by atoms with E-state index >= 15 is 0 Å². The Kier molecular flexibility index (Phi) is 15.3. The Morgan fingerprint density at radius 1 is 0.581 bits per heavy atom. The fourth-order valence-electron chi connectivity index (χ4n) is 11.2. The molecule has 10 heterocycles. The predicted molar refractivity (Wildman–Crippen MR) is 326 cm³/mol. The third-order valence-electron chi connectivity index (χ3n) is 15.5. The first-order valence-corrected chi connectivity index (χ1v) is 29.1. The van der Waals surface area contributed by atoms with Gasteiger partial charge >= 0.3 is 17.1 Å². The minimum Gasteiger partial charge on any atom is -0.497 e. The zero-order valence-corrected chi connectivity index (χ0v) is 48.4. The molecule has 0 unspecified atom stereocenters. The lowest BCUT2D eigenvalue weighted by Gasteiger charge is -2.35. The first-order valence-electron chi connectivity index (χ1n) is 28.3. The van der Waals surface area contributed by atoms with Crippen molar-refractivity contribution in [3.05, 3.63) is 223 Å². The molecule has 9 aromatic heterocycles. The first-order chi connectivity index (χ1) is 41.9. The van der Waals surface area contributed by atoms with Crippen LogP contribution in [0.2, 0.25) is 0 Å². The summed E-state index contributed by atoms with van der Waals surface area (Å²) in [5, 5.41) is 16.8. The number of morpholine rings is 1. The molecule has 86 heavy (non-hydrogen) atoms. The van der Waals surface area contributed by atoms with Gasteiger partial charge in [-0.15, -0.1) is 11.3 Å². The number of aromatic nitrogens is 14. The molecule has 1 saturated heterocycles. The lowest BCUT2D eigenvalue weighted by molar-refractivity contribution is -0.0705. The zero-order chi connectivity index (χ0) is 59.0. The average molecular weight is 1170 g/mol. The summed E-state index contributed by atoms with van der Waals surface area (Å²) >= 11 is 1.55. The van der Waals surface area contributed by atoms with Crippen LogP contribution in [0.3, 0.4) is 0 Å². The molecule has 0 radical (unpaired) electrons. The highest BCUT2D eigenvalue weighted by Crippen LogP contribution is 2.28. The molecule has 21 nitrogen and oxygen atoms in total. The van der Waals surface area contributed by atoms with Gasteiger partial charge in [0.1, 0.15) is 46.7 Å². The van der Waals surface area contributed by atoms with E-state index in [-0.39, 0.29) is 41.6 Å². The molecule has 0 N–H and O–H groups in total. The summed E-state index contributed by atoms with van der Waals surface area (Å²) in [5.41, 5.74) is 9.21. The van der Waals surface area contributed by atoms with Gasteiger partial charge < -0.3 is 9.47 Å². The molecule has 15 rings (SSSR count). The number of ether oxygens (including phenoxy) is 2. The Morgan fingerprint density at radius 3 is 1.74 bits per heavy atom. The highest BCUT2D eigenvalue weighted by atomic mass is 32.1. The molecular weight excluding hydrogens is 1110 g/mol. The summed E-state index contributed by atoms with van der Waals surface area (Å²) in [6.07, 6.45) is 8.86. The van der Waals surface area contributed by atoms with Crippen molar-refractivity contribution < 1.29 is 13.9 Å².